The normalized spacial score (nSPS) is 20.0. The van der Waals surface area contributed by atoms with Gasteiger partial charge >= 0.3 is 0 Å². The van der Waals surface area contributed by atoms with E-state index in [1.807, 2.05) is 19.9 Å². The molecule has 0 spiro atoms. The first-order valence-electron chi connectivity index (χ1n) is 9.21. The van der Waals surface area contributed by atoms with Crippen LogP contribution in [0.25, 0.3) is 6.08 Å². The molecular formula is C21H38N2. The molecule has 0 aromatic heterocycles. The minimum absolute atomic E-state index is 0.711. The van der Waals surface area contributed by atoms with Gasteiger partial charge in [0.05, 0.1) is 0 Å². The van der Waals surface area contributed by atoms with Gasteiger partial charge in [-0.05, 0) is 55.7 Å². The van der Waals surface area contributed by atoms with Crippen LogP contribution in [0, 0.1) is 11.8 Å². The highest BCUT2D eigenvalue weighted by molar-refractivity contribution is 5.47. The minimum atomic E-state index is 0.711. The fourth-order valence-electron chi connectivity index (χ4n) is 3.08. The number of nitrogens with one attached hydrogen (secondary N) is 1. The van der Waals surface area contributed by atoms with Crippen LogP contribution in [0.3, 0.4) is 0 Å². The highest BCUT2D eigenvalue weighted by atomic mass is 14.9. The van der Waals surface area contributed by atoms with Gasteiger partial charge in [-0.2, -0.15) is 0 Å². The maximum absolute atomic E-state index is 4.50. The van der Waals surface area contributed by atoms with Gasteiger partial charge in [0.2, 0.25) is 0 Å². The number of hydrogen-bond donors (Lipinski definition) is 2. The summed E-state index contributed by atoms with van der Waals surface area (Å²) in [6, 6.07) is 9.34. The van der Waals surface area contributed by atoms with E-state index in [0.29, 0.717) is 6.04 Å². The van der Waals surface area contributed by atoms with E-state index in [1.165, 1.54) is 43.9 Å². The van der Waals surface area contributed by atoms with E-state index in [4.69, 9.17) is 0 Å². The van der Waals surface area contributed by atoms with Crippen LogP contribution < -0.4 is 11.1 Å². The van der Waals surface area contributed by atoms with Gasteiger partial charge in [-0.25, -0.2) is 0 Å². The van der Waals surface area contributed by atoms with Crippen molar-refractivity contribution in [3.05, 3.63) is 42.0 Å². The van der Waals surface area contributed by atoms with Crippen LogP contribution in [0.5, 0.6) is 0 Å². The molecular weight excluding hydrogens is 280 g/mol. The maximum Gasteiger partial charge on any atom is 0.0208 e. The fraction of sp³-hybridized carbons (Fsp3) is 0.619. The summed E-state index contributed by atoms with van der Waals surface area (Å²) in [6.07, 6.45) is 7.37. The first kappa shape index (κ1) is 21.9. The Balaban J connectivity index is 0.00000112. The van der Waals surface area contributed by atoms with Crippen molar-refractivity contribution in [2.45, 2.75) is 66.0 Å². The van der Waals surface area contributed by atoms with Gasteiger partial charge in [0, 0.05) is 12.6 Å². The van der Waals surface area contributed by atoms with Crippen LogP contribution in [0.15, 0.2) is 30.8 Å². The van der Waals surface area contributed by atoms with Crippen molar-refractivity contribution in [3.8, 4) is 0 Å². The van der Waals surface area contributed by atoms with E-state index in [0.717, 1.165) is 18.4 Å². The lowest BCUT2D eigenvalue weighted by atomic mass is 9.80. The molecule has 132 valence electrons. The van der Waals surface area contributed by atoms with Gasteiger partial charge in [0.1, 0.15) is 0 Å². The molecule has 1 aliphatic rings. The van der Waals surface area contributed by atoms with E-state index < -0.39 is 0 Å². The monoisotopic (exact) mass is 318 g/mol. The van der Waals surface area contributed by atoms with Crippen molar-refractivity contribution in [1.82, 2.24) is 5.32 Å². The van der Waals surface area contributed by atoms with E-state index in [1.54, 1.807) is 0 Å². The highest BCUT2D eigenvalue weighted by Gasteiger charge is 2.22. The third kappa shape index (κ3) is 8.34. The summed E-state index contributed by atoms with van der Waals surface area (Å²) in [4.78, 5) is 0. The summed E-state index contributed by atoms with van der Waals surface area (Å²) in [7, 11) is 1.50. The number of rotatable bonds is 5. The average Bonchev–Trinajstić information content (AvgIpc) is 2.64. The fourth-order valence-corrected chi connectivity index (χ4v) is 3.08. The highest BCUT2D eigenvalue weighted by Crippen LogP contribution is 2.29. The quantitative estimate of drug-likeness (QED) is 0.779. The Morgan fingerprint density at radius 1 is 1.17 bits per heavy atom. The summed E-state index contributed by atoms with van der Waals surface area (Å²) in [6.45, 7) is 13.5. The lowest BCUT2D eigenvalue weighted by Crippen LogP contribution is -2.33. The molecule has 1 fully saturated rings. The van der Waals surface area contributed by atoms with E-state index in [-0.39, 0.29) is 0 Å². The summed E-state index contributed by atoms with van der Waals surface area (Å²) >= 11 is 0. The van der Waals surface area contributed by atoms with Gasteiger partial charge in [0.15, 0.2) is 0 Å². The van der Waals surface area contributed by atoms with Crippen LogP contribution in [-0.4, -0.2) is 13.1 Å². The van der Waals surface area contributed by atoms with Crippen LogP contribution in [0.1, 0.15) is 64.5 Å². The molecule has 0 atom stereocenters. The SMILES string of the molecule is C=Cc1cccc(CNC2CCC(C(C)C)CC2)c1.CC.CN. The predicted molar refractivity (Wildman–Crippen MR) is 105 cm³/mol. The third-order valence-corrected chi connectivity index (χ3v) is 4.50. The zero-order chi connectivity index (χ0) is 17.7. The first-order valence-corrected chi connectivity index (χ1v) is 9.21. The van der Waals surface area contributed by atoms with Crippen LogP contribution >= 0.6 is 0 Å². The molecule has 0 saturated heterocycles. The minimum Gasteiger partial charge on any atom is -0.333 e. The van der Waals surface area contributed by atoms with E-state index in [2.05, 4.69) is 55.7 Å². The second-order valence-electron chi connectivity index (χ2n) is 6.19. The van der Waals surface area contributed by atoms with Crippen molar-refractivity contribution in [2.24, 2.45) is 17.6 Å². The lowest BCUT2D eigenvalue weighted by molar-refractivity contribution is 0.238. The van der Waals surface area contributed by atoms with Crippen LogP contribution in [0.4, 0.5) is 0 Å². The molecule has 1 aliphatic carbocycles. The summed E-state index contributed by atoms with van der Waals surface area (Å²) in [5.74, 6) is 1.80. The number of nitrogens with two attached hydrogens (primary N) is 1. The zero-order valence-corrected chi connectivity index (χ0v) is 15.9. The molecule has 1 aromatic rings. The van der Waals surface area contributed by atoms with Gasteiger partial charge in [-0.15, -0.1) is 0 Å². The molecule has 1 aromatic carbocycles. The largest absolute Gasteiger partial charge is 0.333 e. The standard InChI is InChI=1S/C18H27N.C2H6.CH5N/c1-4-15-6-5-7-16(12-15)13-19-18-10-8-17(9-11-18)14(2)3;2*1-2/h4-7,12,14,17-19H,1,8-11,13H2,2-3H3;1-2H3;2H2,1H3. The Kier molecular flexibility index (Phi) is 12.7. The van der Waals surface area contributed by atoms with Crippen molar-refractivity contribution in [3.63, 3.8) is 0 Å². The molecule has 2 heteroatoms. The summed E-state index contributed by atoms with van der Waals surface area (Å²) in [5.41, 5.74) is 7.08. The Hall–Kier alpha value is -1.12. The molecule has 2 rings (SSSR count). The van der Waals surface area contributed by atoms with Crippen molar-refractivity contribution < 1.29 is 0 Å². The summed E-state index contributed by atoms with van der Waals surface area (Å²) < 4.78 is 0. The van der Waals surface area contributed by atoms with Crippen molar-refractivity contribution in [1.29, 1.82) is 0 Å². The molecule has 1 saturated carbocycles. The van der Waals surface area contributed by atoms with E-state index in [9.17, 15) is 0 Å². The first-order chi connectivity index (χ1) is 11.2. The van der Waals surface area contributed by atoms with Gasteiger partial charge in [0.25, 0.3) is 0 Å². The molecule has 0 radical (unpaired) electrons. The van der Waals surface area contributed by atoms with E-state index >= 15 is 0 Å². The Morgan fingerprint density at radius 3 is 2.30 bits per heavy atom. The predicted octanol–water partition coefficient (Wildman–Crippen LogP) is 5.24. The lowest BCUT2D eigenvalue weighted by Gasteiger charge is -2.31. The molecule has 3 N–H and O–H groups in total. The molecule has 0 aliphatic heterocycles. The van der Waals surface area contributed by atoms with Crippen LogP contribution in [-0.2, 0) is 6.54 Å². The number of benzene rings is 1. The number of hydrogen-bond acceptors (Lipinski definition) is 2. The molecule has 23 heavy (non-hydrogen) atoms. The third-order valence-electron chi connectivity index (χ3n) is 4.50. The van der Waals surface area contributed by atoms with Gasteiger partial charge < -0.3 is 11.1 Å². The summed E-state index contributed by atoms with van der Waals surface area (Å²) in [5, 5.41) is 3.71. The molecule has 0 heterocycles. The smallest absolute Gasteiger partial charge is 0.0208 e. The Bertz CT molecular complexity index is 404. The Morgan fingerprint density at radius 2 is 1.78 bits per heavy atom. The van der Waals surface area contributed by atoms with Crippen LogP contribution in [0.2, 0.25) is 0 Å². The molecule has 0 unspecified atom stereocenters. The van der Waals surface area contributed by atoms with Crippen molar-refractivity contribution in [2.75, 3.05) is 7.05 Å². The average molecular weight is 319 g/mol. The second kappa shape index (κ2) is 13.3. The van der Waals surface area contributed by atoms with Gasteiger partial charge in [-0.3, -0.25) is 0 Å². The molecule has 2 nitrogen and oxygen atoms in total. The molecule has 0 bridgehead atoms. The topological polar surface area (TPSA) is 38.0 Å². The molecule has 0 amide bonds. The maximum atomic E-state index is 4.50. The van der Waals surface area contributed by atoms with Gasteiger partial charge in [-0.1, -0.05) is 64.6 Å². The Labute approximate surface area is 144 Å². The second-order valence-corrected chi connectivity index (χ2v) is 6.19. The zero-order valence-electron chi connectivity index (χ0n) is 15.9. The van der Waals surface area contributed by atoms with Crippen molar-refractivity contribution >= 4 is 6.08 Å².